The average Bonchev–Trinajstić information content (AvgIpc) is 3.19. The molecule has 0 radical (unpaired) electrons. The Labute approximate surface area is 364 Å². The van der Waals surface area contributed by atoms with Gasteiger partial charge in [-0.2, -0.15) is 0 Å². The van der Waals surface area contributed by atoms with Crippen molar-refractivity contribution in [1.82, 2.24) is 5.32 Å². The van der Waals surface area contributed by atoms with E-state index in [4.69, 9.17) is 9.05 Å². The number of nitrogens with zero attached hydrogens (tertiary/aromatic N) is 1. The summed E-state index contributed by atoms with van der Waals surface area (Å²) in [6, 6.07) is -0.874. The number of aliphatic hydroxyl groups is 1. The van der Waals surface area contributed by atoms with E-state index in [1.165, 1.54) is 103 Å². The molecule has 3 atom stereocenters. The number of aliphatic hydroxyl groups excluding tert-OH is 1. The van der Waals surface area contributed by atoms with Crippen LogP contribution in [0.25, 0.3) is 0 Å². The maximum atomic E-state index is 12.9. The molecule has 342 valence electrons. The summed E-state index contributed by atoms with van der Waals surface area (Å²) in [7, 11) is 1.53. The highest BCUT2D eigenvalue weighted by Crippen LogP contribution is 2.43. The molecule has 0 bridgehead atoms. The lowest BCUT2D eigenvalue weighted by molar-refractivity contribution is -0.870. The summed E-state index contributed by atoms with van der Waals surface area (Å²) < 4.78 is 23.5. The first-order chi connectivity index (χ1) is 28.5. The lowest BCUT2D eigenvalue weighted by Crippen LogP contribution is -2.45. The number of quaternary nitrogens is 1. The van der Waals surface area contributed by atoms with Crippen LogP contribution in [0.5, 0.6) is 0 Å². The van der Waals surface area contributed by atoms with Gasteiger partial charge in [0.25, 0.3) is 0 Å². The fourth-order valence-corrected chi connectivity index (χ4v) is 7.04. The van der Waals surface area contributed by atoms with Crippen LogP contribution in [-0.4, -0.2) is 73.4 Å². The summed E-state index contributed by atoms with van der Waals surface area (Å²) in [5.41, 5.74) is 0. The fourth-order valence-electron chi connectivity index (χ4n) is 6.30. The molecule has 0 aliphatic heterocycles. The molecule has 59 heavy (non-hydrogen) atoms. The predicted octanol–water partition coefficient (Wildman–Crippen LogP) is 13.6. The van der Waals surface area contributed by atoms with E-state index < -0.39 is 20.0 Å². The molecule has 0 aromatic rings. The second-order valence-corrected chi connectivity index (χ2v) is 18.6. The largest absolute Gasteiger partial charge is 0.472 e. The standard InChI is InChI=1S/C50H91N2O6P/c1-6-8-10-12-14-16-18-20-21-22-23-24-25-26-27-28-29-30-31-32-34-36-38-40-42-44-50(54)51-48(47-58-59(55,56)57-46-45-52(3,4)5)49(53)43-41-39-37-35-33-19-17-15-13-11-9-7-2/h13,15,18,20,22-23,25-26,33,35,41,43,48-49,53H,6-12,14,16-17,19,21,24,27-32,34,36-40,42,44-47H2,1-5H3,(H-,51,54,55,56)/p+1/b15-13+,20-18-,23-22-,26-25-,35-33+,43-41+. The quantitative estimate of drug-likeness (QED) is 0.0245. The Bertz CT molecular complexity index is 1190. The lowest BCUT2D eigenvalue weighted by Gasteiger charge is -2.25. The zero-order chi connectivity index (χ0) is 43.6. The van der Waals surface area contributed by atoms with E-state index in [0.717, 1.165) is 64.2 Å². The maximum Gasteiger partial charge on any atom is 0.472 e. The minimum absolute atomic E-state index is 0.0494. The topological polar surface area (TPSA) is 105 Å². The average molecular weight is 848 g/mol. The van der Waals surface area contributed by atoms with Crippen LogP contribution in [0.3, 0.4) is 0 Å². The molecule has 0 heterocycles. The Kier molecular flexibility index (Phi) is 39.9. The van der Waals surface area contributed by atoms with Crippen LogP contribution >= 0.6 is 7.82 Å². The van der Waals surface area contributed by atoms with Gasteiger partial charge in [-0.3, -0.25) is 13.8 Å². The third-order valence-electron chi connectivity index (χ3n) is 10.1. The van der Waals surface area contributed by atoms with E-state index in [1.54, 1.807) is 6.08 Å². The monoisotopic (exact) mass is 848 g/mol. The molecule has 8 nitrogen and oxygen atoms in total. The second kappa shape index (κ2) is 41.3. The molecular weight excluding hydrogens is 756 g/mol. The van der Waals surface area contributed by atoms with Crippen LogP contribution in [0.15, 0.2) is 72.9 Å². The van der Waals surface area contributed by atoms with Crippen molar-refractivity contribution in [2.24, 2.45) is 0 Å². The molecule has 1 amide bonds. The minimum Gasteiger partial charge on any atom is -0.387 e. The molecule has 0 aromatic heterocycles. The molecule has 0 rings (SSSR count). The van der Waals surface area contributed by atoms with Crippen molar-refractivity contribution >= 4 is 13.7 Å². The van der Waals surface area contributed by atoms with Crippen LogP contribution < -0.4 is 5.32 Å². The van der Waals surface area contributed by atoms with Crippen LogP contribution in [0.2, 0.25) is 0 Å². The summed E-state index contributed by atoms with van der Waals surface area (Å²) >= 11 is 0. The van der Waals surface area contributed by atoms with Crippen LogP contribution in [0.1, 0.15) is 187 Å². The first-order valence-corrected chi connectivity index (χ1v) is 25.3. The first-order valence-electron chi connectivity index (χ1n) is 23.8. The van der Waals surface area contributed by atoms with E-state index in [-0.39, 0.29) is 19.1 Å². The second-order valence-electron chi connectivity index (χ2n) is 17.1. The van der Waals surface area contributed by atoms with Crippen molar-refractivity contribution in [3.8, 4) is 0 Å². The zero-order valence-electron chi connectivity index (χ0n) is 38.7. The number of amides is 1. The number of likely N-dealkylation sites (N-methyl/N-ethyl adjacent to an activating group) is 1. The van der Waals surface area contributed by atoms with Gasteiger partial charge in [-0.1, -0.05) is 177 Å². The molecule has 0 aliphatic carbocycles. The highest BCUT2D eigenvalue weighted by molar-refractivity contribution is 7.47. The molecule has 0 aliphatic rings. The van der Waals surface area contributed by atoms with Gasteiger partial charge in [-0.25, -0.2) is 4.57 Å². The lowest BCUT2D eigenvalue weighted by atomic mass is 10.0. The van der Waals surface area contributed by atoms with E-state index in [9.17, 15) is 19.4 Å². The number of phosphoric ester groups is 1. The number of carbonyl (C=O) groups excluding carboxylic acids is 1. The highest BCUT2D eigenvalue weighted by Gasteiger charge is 2.27. The number of phosphoric acid groups is 1. The van der Waals surface area contributed by atoms with Gasteiger partial charge in [0.05, 0.1) is 39.9 Å². The van der Waals surface area contributed by atoms with Gasteiger partial charge in [0, 0.05) is 6.42 Å². The normalized spacial score (nSPS) is 14.9. The van der Waals surface area contributed by atoms with E-state index in [1.807, 2.05) is 27.2 Å². The number of hydrogen-bond acceptors (Lipinski definition) is 5. The third kappa shape index (κ3) is 43.8. The number of hydrogen-bond donors (Lipinski definition) is 3. The molecule has 3 unspecified atom stereocenters. The van der Waals surface area contributed by atoms with Crippen molar-refractivity contribution in [2.45, 2.75) is 199 Å². The third-order valence-corrected chi connectivity index (χ3v) is 11.1. The van der Waals surface area contributed by atoms with E-state index in [0.29, 0.717) is 17.4 Å². The number of carbonyl (C=O) groups is 1. The Morgan fingerprint density at radius 1 is 0.576 bits per heavy atom. The molecule has 3 N–H and O–H groups in total. The fraction of sp³-hybridized carbons (Fsp3) is 0.740. The van der Waals surface area contributed by atoms with Crippen molar-refractivity contribution in [3.05, 3.63) is 72.9 Å². The summed E-state index contributed by atoms with van der Waals surface area (Å²) in [6.07, 6.45) is 55.5. The molecule has 0 fully saturated rings. The van der Waals surface area contributed by atoms with Gasteiger partial charge < -0.3 is 19.8 Å². The van der Waals surface area contributed by atoms with Crippen molar-refractivity contribution in [2.75, 3.05) is 40.9 Å². The van der Waals surface area contributed by atoms with E-state index >= 15 is 0 Å². The summed E-state index contributed by atoms with van der Waals surface area (Å²) in [5, 5.41) is 13.8. The summed E-state index contributed by atoms with van der Waals surface area (Å²) in [5.74, 6) is -0.200. The van der Waals surface area contributed by atoms with Crippen LogP contribution in [0.4, 0.5) is 0 Å². The van der Waals surface area contributed by atoms with Crippen LogP contribution in [0, 0.1) is 0 Å². The van der Waals surface area contributed by atoms with Gasteiger partial charge in [-0.15, -0.1) is 0 Å². The van der Waals surface area contributed by atoms with Crippen molar-refractivity contribution in [3.63, 3.8) is 0 Å². The van der Waals surface area contributed by atoms with Gasteiger partial charge in [0.2, 0.25) is 5.91 Å². The molecule has 0 saturated carbocycles. The highest BCUT2D eigenvalue weighted by atomic mass is 31.2. The molecule has 9 heteroatoms. The Hall–Kier alpha value is -2.06. The Morgan fingerprint density at radius 2 is 1.00 bits per heavy atom. The smallest absolute Gasteiger partial charge is 0.387 e. The Balaban J connectivity index is 4.30. The zero-order valence-corrected chi connectivity index (χ0v) is 39.6. The van der Waals surface area contributed by atoms with Gasteiger partial charge in [0.1, 0.15) is 13.2 Å². The van der Waals surface area contributed by atoms with Gasteiger partial charge in [-0.05, 0) is 77.0 Å². The first kappa shape index (κ1) is 56.9. The summed E-state index contributed by atoms with van der Waals surface area (Å²) in [4.78, 5) is 23.1. The Morgan fingerprint density at radius 3 is 1.53 bits per heavy atom. The molecule has 0 spiro atoms. The molecule has 0 saturated heterocycles. The minimum atomic E-state index is -4.35. The number of allylic oxidation sites excluding steroid dienone is 11. The predicted molar refractivity (Wildman–Crippen MR) is 253 cm³/mol. The summed E-state index contributed by atoms with van der Waals surface area (Å²) in [6.45, 7) is 4.70. The van der Waals surface area contributed by atoms with Crippen molar-refractivity contribution < 1.29 is 32.9 Å². The maximum absolute atomic E-state index is 12.9. The van der Waals surface area contributed by atoms with Gasteiger partial charge in [0.15, 0.2) is 0 Å². The number of nitrogens with one attached hydrogen (secondary N) is 1. The van der Waals surface area contributed by atoms with E-state index in [2.05, 4.69) is 79.9 Å². The van der Waals surface area contributed by atoms with Crippen LogP contribution in [-0.2, 0) is 18.4 Å². The molecule has 0 aromatic carbocycles. The molecular formula is C50H92N2O6P+. The van der Waals surface area contributed by atoms with Crippen molar-refractivity contribution in [1.29, 1.82) is 0 Å². The number of rotatable bonds is 42. The SMILES string of the molecule is CCCC/C=C/CC/C=C/CC/C=C/C(O)C(COP(=O)(O)OCC[N+](C)(C)C)NC(=O)CCCCCCCCCCCC/C=C\C/C=C\C/C=C\CCCCCCC. The van der Waals surface area contributed by atoms with Gasteiger partial charge >= 0.3 is 7.82 Å². The number of unbranched alkanes of at least 4 members (excludes halogenated alkanes) is 19.